The minimum atomic E-state index is 0.0129. The van der Waals surface area contributed by atoms with E-state index in [0.29, 0.717) is 6.54 Å². The predicted molar refractivity (Wildman–Crippen MR) is 100 cm³/mol. The first-order chi connectivity index (χ1) is 10.4. The van der Waals surface area contributed by atoms with E-state index in [1.165, 1.54) is 14.7 Å². The summed E-state index contributed by atoms with van der Waals surface area (Å²) in [7, 11) is 1.96. The first-order valence-electron chi connectivity index (χ1n) is 7.24. The number of benzene rings is 2. The second-order valence-corrected chi connectivity index (χ2v) is 6.91. The molecule has 0 radical (unpaired) electrons. The fraction of sp³-hybridized carbons (Fsp3) is 0.278. The topological polar surface area (TPSA) is 32.3 Å². The monoisotopic (exact) mass is 408 g/mol. The van der Waals surface area contributed by atoms with E-state index in [9.17, 15) is 4.79 Å². The van der Waals surface area contributed by atoms with Gasteiger partial charge in [0.15, 0.2) is 0 Å². The van der Waals surface area contributed by atoms with Gasteiger partial charge < -0.3 is 5.32 Å². The van der Waals surface area contributed by atoms with Crippen LogP contribution >= 0.6 is 22.6 Å². The molecule has 22 heavy (non-hydrogen) atoms. The maximum absolute atomic E-state index is 12.1. The molecular formula is C18H21IN2O. The Morgan fingerprint density at radius 1 is 1.14 bits per heavy atom. The Bertz CT molecular complexity index is 653. The van der Waals surface area contributed by atoms with Crippen LogP contribution in [0.1, 0.15) is 16.7 Å². The molecule has 0 bridgehead atoms. The van der Waals surface area contributed by atoms with Crippen LogP contribution in [0.25, 0.3) is 0 Å². The molecule has 4 heteroatoms. The maximum Gasteiger partial charge on any atom is 0.238 e. The number of hydrogen-bond donors (Lipinski definition) is 1. The molecule has 0 heterocycles. The van der Waals surface area contributed by atoms with Gasteiger partial charge in [0.05, 0.1) is 6.54 Å². The van der Waals surface area contributed by atoms with Gasteiger partial charge in [0.1, 0.15) is 0 Å². The Morgan fingerprint density at radius 2 is 1.82 bits per heavy atom. The average molecular weight is 408 g/mol. The Kier molecular flexibility index (Phi) is 5.97. The number of rotatable bonds is 5. The van der Waals surface area contributed by atoms with Crippen molar-refractivity contribution in [2.24, 2.45) is 0 Å². The van der Waals surface area contributed by atoms with Crippen LogP contribution < -0.4 is 5.32 Å². The Morgan fingerprint density at radius 3 is 2.45 bits per heavy atom. The molecule has 0 fully saturated rings. The van der Waals surface area contributed by atoms with Crippen LogP contribution in [0, 0.1) is 17.4 Å². The van der Waals surface area contributed by atoms with Gasteiger partial charge in [0.25, 0.3) is 0 Å². The number of amides is 1. The summed E-state index contributed by atoms with van der Waals surface area (Å²) in [5, 5.41) is 2.98. The number of aryl methyl sites for hydroxylation is 2. The summed E-state index contributed by atoms with van der Waals surface area (Å²) >= 11 is 2.27. The third-order valence-corrected chi connectivity index (χ3v) is 4.12. The van der Waals surface area contributed by atoms with E-state index < -0.39 is 0 Å². The number of carbonyl (C=O) groups is 1. The summed E-state index contributed by atoms with van der Waals surface area (Å²) < 4.78 is 1.17. The zero-order valence-corrected chi connectivity index (χ0v) is 15.3. The average Bonchev–Trinajstić information content (AvgIpc) is 2.44. The molecule has 0 aliphatic carbocycles. The fourth-order valence-corrected chi connectivity index (χ4v) is 2.91. The SMILES string of the molecule is Cc1ccc(CN(C)CC(=O)Nc2ccc(I)cc2C)cc1. The molecule has 3 nitrogen and oxygen atoms in total. The second-order valence-electron chi connectivity index (χ2n) is 5.67. The first kappa shape index (κ1) is 17.0. The van der Waals surface area contributed by atoms with E-state index in [-0.39, 0.29) is 5.91 Å². The lowest BCUT2D eigenvalue weighted by molar-refractivity contribution is -0.117. The summed E-state index contributed by atoms with van der Waals surface area (Å²) in [5.74, 6) is 0.0129. The lowest BCUT2D eigenvalue weighted by Gasteiger charge is -2.17. The first-order valence-corrected chi connectivity index (χ1v) is 8.32. The van der Waals surface area contributed by atoms with Crippen molar-refractivity contribution in [2.45, 2.75) is 20.4 Å². The number of anilines is 1. The minimum absolute atomic E-state index is 0.0129. The summed E-state index contributed by atoms with van der Waals surface area (Å²) in [6.45, 7) is 5.22. The van der Waals surface area contributed by atoms with Gasteiger partial charge in [-0.15, -0.1) is 0 Å². The number of carbonyl (C=O) groups excluding carboxylic acids is 1. The Labute approximate surface area is 145 Å². The van der Waals surface area contributed by atoms with Crippen LogP contribution in [0.2, 0.25) is 0 Å². The van der Waals surface area contributed by atoms with E-state index >= 15 is 0 Å². The van der Waals surface area contributed by atoms with Gasteiger partial charge >= 0.3 is 0 Å². The summed E-state index contributed by atoms with van der Waals surface area (Å²) in [4.78, 5) is 14.2. The fourth-order valence-electron chi connectivity index (χ4n) is 2.26. The number of nitrogens with one attached hydrogen (secondary N) is 1. The van der Waals surface area contributed by atoms with Crippen LogP contribution in [0.4, 0.5) is 5.69 Å². The van der Waals surface area contributed by atoms with Crippen molar-refractivity contribution in [2.75, 3.05) is 18.9 Å². The molecule has 0 aliphatic rings. The van der Waals surface area contributed by atoms with Crippen LogP contribution in [-0.4, -0.2) is 24.4 Å². The van der Waals surface area contributed by atoms with E-state index in [4.69, 9.17) is 0 Å². The van der Waals surface area contributed by atoms with Gasteiger partial charge in [-0.05, 0) is 72.8 Å². The molecule has 2 aromatic rings. The van der Waals surface area contributed by atoms with Crippen LogP contribution in [0.15, 0.2) is 42.5 Å². The molecule has 0 saturated carbocycles. The molecule has 2 rings (SSSR count). The van der Waals surface area contributed by atoms with Gasteiger partial charge in [0.2, 0.25) is 5.91 Å². The quantitative estimate of drug-likeness (QED) is 0.760. The number of halogens is 1. The molecule has 1 N–H and O–H groups in total. The van der Waals surface area contributed by atoms with E-state index in [2.05, 4.69) is 65.2 Å². The zero-order valence-electron chi connectivity index (χ0n) is 13.2. The molecule has 116 valence electrons. The smallest absolute Gasteiger partial charge is 0.238 e. The van der Waals surface area contributed by atoms with Crippen molar-refractivity contribution in [3.05, 3.63) is 62.7 Å². The Balaban J connectivity index is 1.89. The highest BCUT2D eigenvalue weighted by atomic mass is 127. The van der Waals surface area contributed by atoms with E-state index in [1.807, 2.05) is 31.0 Å². The third-order valence-electron chi connectivity index (χ3n) is 3.45. The number of likely N-dealkylation sites (N-methyl/N-ethyl adjacent to an activating group) is 1. The van der Waals surface area contributed by atoms with Crippen molar-refractivity contribution < 1.29 is 4.79 Å². The molecule has 1 amide bonds. The molecule has 0 unspecified atom stereocenters. The van der Waals surface area contributed by atoms with Gasteiger partial charge in [-0.2, -0.15) is 0 Å². The third kappa shape index (κ3) is 5.10. The van der Waals surface area contributed by atoms with Crippen molar-refractivity contribution in [1.29, 1.82) is 0 Å². The normalized spacial score (nSPS) is 10.8. The lowest BCUT2D eigenvalue weighted by Crippen LogP contribution is -2.30. The van der Waals surface area contributed by atoms with E-state index in [1.54, 1.807) is 0 Å². The standard InChI is InChI=1S/C18H21IN2O/c1-13-4-6-15(7-5-13)11-21(3)12-18(22)20-17-9-8-16(19)10-14(17)2/h4-10H,11-12H2,1-3H3,(H,20,22). The van der Waals surface area contributed by atoms with Crippen molar-refractivity contribution >= 4 is 34.2 Å². The second kappa shape index (κ2) is 7.74. The van der Waals surface area contributed by atoms with Crippen molar-refractivity contribution in [3.8, 4) is 0 Å². The molecule has 0 spiro atoms. The molecule has 0 saturated heterocycles. The van der Waals surface area contributed by atoms with Crippen LogP contribution in [0.5, 0.6) is 0 Å². The predicted octanol–water partition coefficient (Wildman–Crippen LogP) is 3.98. The summed E-state index contributed by atoms with van der Waals surface area (Å²) in [6, 6.07) is 14.4. The van der Waals surface area contributed by atoms with E-state index in [0.717, 1.165) is 17.8 Å². The van der Waals surface area contributed by atoms with Crippen LogP contribution in [0.3, 0.4) is 0 Å². The highest BCUT2D eigenvalue weighted by molar-refractivity contribution is 14.1. The molecule has 0 aliphatic heterocycles. The van der Waals surface area contributed by atoms with Gasteiger partial charge in [0, 0.05) is 15.8 Å². The minimum Gasteiger partial charge on any atom is -0.325 e. The van der Waals surface area contributed by atoms with Gasteiger partial charge in [-0.3, -0.25) is 9.69 Å². The van der Waals surface area contributed by atoms with Gasteiger partial charge in [-0.1, -0.05) is 29.8 Å². The number of nitrogens with zero attached hydrogens (tertiary/aromatic N) is 1. The molecule has 0 atom stereocenters. The molecular weight excluding hydrogens is 387 g/mol. The summed E-state index contributed by atoms with van der Waals surface area (Å²) in [6.07, 6.45) is 0. The maximum atomic E-state index is 12.1. The Hall–Kier alpha value is -1.40. The van der Waals surface area contributed by atoms with Crippen molar-refractivity contribution in [3.63, 3.8) is 0 Å². The lowest BCUT2D eigenvalue weighted by atomic mass is 10.1. The van der Waals surface area contributed by atoms with Crippen molar-refractivity contribution in [1.82, 2.24) is 4.90 Å². The molecule has 2 aromatic carbocycles. The molecule has 0 aromatic heterocycles. The number of hydrogen-bond acceptors (Lipinski definition) is 2. The largest absolute Gasteiger partial charge is 0.325 e. The zero-order chi connectivity index (χ0) is 16.1. The highest BCUT2D eigenvalue weighted by Gasteiger charge is 2.09. The summed E-state index contributed by atoms with van der Waals surface area (Å²) in [5.41, 5.74) is 4.43. The van der Waals surface area contributed by atoms with Gasteiger partial charge in [-0.25, -0.2) is 0 Å². The van der Waals surface area contributed by atoms with Crippen LogP contribution in [-0.2, 0) is 11.3 Å². The highest BCUT2D eigenvalue weighted by Crippen LogP contribution is 2.17.